The summed E-state index contributed by atoms with van der Waals surface area (Å²) >= 11 is 1.48. The first-order chi connectivity index (χ1) is 15.7. The van der Waals surface area contributed by atoms with Crippen LogP contribution in [-0.2, 0) is 5.75 Å². The molecular weight excluding hydrogens is 425 g/mol. The number of aryl methyl sites for hydroxylation is 1. The van der Waals surface area contributed by atoms with Gasteiger partial charge in [0.25, 0.3) is 0 Å². The van der Waals surface area contributed by atoms with Crippen LogP contribution >= 0.6 is 11.8 Å². The molecule has 0 fully saturated rings. The Morgan fingerprint density at radius 3 is 2.41 bits per heavy atom. The molecule has 0 radical (unpaired) electrons. The Morgan fingerprint density at radius 2 is 1.66 bits per heavy atom. The summed E-state index contributed by atoms with van der Waals surface area (Å²) in [4.78, 5) is 8.46. The molecule has 0 aliphatic heterocycles. The summed E-state index contributed by atoms with van der Waals surface area (Å²) < 4.78 is 21.1. The van der Waals surface area contributed by atoms with E-state index in [1.807, 2.05) is 28.8 Å². The Morgan fingerprint density at radius 1 is 0.906 bits per heavy atom. The topological polar surface area (TPSA) is 69.6 Å². The van der Waals surface area contributed by atoms with Crippen LogP contribution in [-0.4, -0.2) is 24.7 Å². The van der Waals surface area contributed by atoms with Crippen molar-refractivity contribution in [2.75, 3.05) is 0 Å². The lowest BCUT2D eigenvalue weighted by Crippen LogP contribution is -2.00. The van der Waals surface area contributed by atoms with Crippen molar-refractivity contribution in [2.24, 2.45) is 0 Å². The van der Waals surface area contributed by atoms with Gasteiger partial charge >= 0.3 is 0 Å². The van der Waals surface area contributed by atoms with Crippen molar-refractivity contribution in [3.63, 3.8) is 0 Å². The van der Waals surface area contributed by atoms with Gasteiger partial charge in [0.1, 0.15) is 5.82 Å². The van der Waals surface area contributed by atoms with Crippen molar-refractivity contribution in [3.8, 4) is 28.4 Å². The van der Waals surface area contributed by atoms with Gasteiger partial charge < -0.3 is 4.42 Å². The average Bonchev–Trinajstić information content (AvgIpc) is 3.47. The fraction of sp³-hybridized carbons (Fsp3) is 0.0833. The van der Waals surface area contributed by atoms with E-state index in [0.29, 0.717) is 17.4 Å². The van der Waals surface area contributed by atoms with Gasteiger partial charge in [-0.1, -0.05) is 29.5 Å². The summed E-state index contributed by atoms with van der Waals surface area (Å²) in [7, 11) is 0. The summed E-state index contributed by atoms with van der Waals surface area (Å²) in [5.74, 6) is 2.07. The van der Waals surface area contributed by atoms with Crippen LogP contribution in [0.5, 0.6) is 0 Å². The van der Waals surface area contributed by atoms with Gasteiger partial charge in [-0.15, -0.1) is 10.2 Å². The normalized spacial score (nSPS) is 11.1. The molecule has 0 bridgehead atoms. The predicted molar refractivity (Wildman–Crippen MR) is 121 cm³/mol. The lowest BCUT2D eigenvalue weighted by molar-refractivity contribution is 0.529. The third-order valence-electron chi connectivity index (χ3n) is 4.87. The molecule has 3 aromatic heterocycles. The van der Waals surface area contributed by atoms with E-state index in [0.717, 1.165) is 27.8 Å². The minimum absolute atomic E-state index is 0.288. The molecule has 5 rings (SSSR count). The maximum Gasteiger partial charge on any atom is 0.205 e. The first-order valence-corrected chi connectivity index (χ1v) is 10.9. The zero-order chi connectivity index (χ0) is 21.9. The molecule has 0 saturated heterocycles. The van der Waals surface area contributed by atoms with Crippen molar-refractivity contribution in [1.82, 2.24) is 24.7 Å². The SMILES string of the molecule is Cc1ccc(-n2c(SCc3ncc(-c4ccc(F)cc4)o3)nnc2-c2ccncc2)cc1. The van der Waals surface area contributed by atoms with Crippen molar-refractivity contribution < 1.29 is 8.81 Å². The fourth-order valence-corrected chi connectivity index (χ4v) is 4.03. The van der Waals surface area contributed by atoms with Gasteiger partial charge in [0.15, 0.2) is 16.7 Å². The number of hydrogen-bond acceptors (Lipinski definition) is 6. The zero-order valence-electron chi connectivity index (χ0n) is 17.1. The van der Waals surface area contributed by atoms with Gasteiger partial charge in [-0.3, -0.25) is 9.55 Å². The van der Waals surface area contributed by atoms with E-state index in [4.69, 9.17) is 4.42 Å². The number of thioether (sulfide) groups is 1. The van der Waals surface area contributed by atoms with Crippen LogP contribution in [0, 0.1) is 12.7 Å². The molecule has 0 N–H and O–H groups in total. The molecule has 2 aromatic carbocycles. The summed E-state index contributed by atoms with van der Waals surface area (Å²) in [5, 5.41) is 9.59. The highest BCUT2D eigenvalue weighted by atomic mass is 32.2. The molecule has 0 spiro atoms. The Balaban J connectivity index is 1.43. The number of pyridine rings is 1. The molecule has 0 amide bonds. The van der Waals surface area contributed by atoms with Crippen molar-refractivity contribution in [3.05, 3.63) is 96.5 Å². The van der Waals surface area contributed by atoms with Crippen molar-refractivity contribution in [1.29, 1.82) is 0 Å². The van der Waals surface area contributed by atoms with Crippen LogP contribution in [0.25, 0.3) is 28.4 Å². The monoisotopic (exact) mass is 443 g/mol. The molecule has 3 heterocycles. The zero-order valence-corrected chi connectivity index (χ0v) is 18.0. The number of rotatable bonds is 6. The number of nitrogens with zero attached hydrogens (tertiary/aromatic N) is 5. The minimum Gasteiger partial charge on any atom is -0.440 e. The highest BCUT2D eigenvalue weighted by Crippen LogP contribution is 2.30. The highest BCUT2D eigenvalue weighted by molar-refractivity contribution is 7.98. The number of oxazole rings is 1. The first-order valence-electron chi connectivity index (χ1n) is 9.94. The third-order valence-corrected chi connectivity index (χ3v) is 5.78. The number of aromatic nitrogens is 5. The molecule has 8 heteroatoms. The van der Waals surface area contributed by atoms with Crippen LogP contribution in [0.2, 0.25) is 0 Å². The van der Waals surface area contributed by atoms with Gasteiger partial charge in [0, 0.05) is 29.2 Å². The number of benzene rings is 2. The molecule has 32 heavy (non-hydrogen) atoms. The molecule has 0 aliphatic rings. The predicted octanol–water partition coefficient (Wildman–Crippen LogP) is 5.72. The van der Waals surface area contributed by atoms with Gasteiger partial charge in [-0.05, 0) is 55.5 Å². The quantitative estimate of drug-likeness (QED) is 0.313. The molecule has 0 atom stereocenters. The molecule has 6 nitrogen and oxygen atoms in total. The Labute approximate surface area is 188 Å². The number of hydrogen-bond donors (Lipinski definition) is 0. The molecule has 0 unspecified atom stereocenters. The van der Waals surface area contributed by atoms with Crippen LogP contribution in [0.15, 0.2) is 88.8 Å². The van der Waals surface area contributed by atoms with Crippen LogP contribution in [0.4, 0.5) is 4.39 Å². The second-order valence-electron chi connectivity index (χ2n) is 7.13. The largest absolute Gasteiger partial charge is 0.440 e. The van der Waals surface area contributed by atoms with Gasteiger partial charge in [0.05, 0.1) is 11.9 Å². The van der Waals surface area contributed by atoms with E-state index in [2.05, 4.69) is 39.2 Å². The number of halogens is 1. The van der Waals surface area contributed by atoms with E-state index < -0.39 is 0 Å². The molecule has 0 saturated carbocycles. The third kappa shape index (κ3) is 4.17. The van der Waals surface area contributed by atoms with Crippen molar-refractivity contribution >= 4 is 11.8 Å². The van der Waals surface area contributed by atoms with Gasteiger partial charge in [-0.2, -0.15) is 0 Å². The second kappa shape index (κ2) is 8.76. The summed E-state index contributed by atoms with van der Waals surface area (Å²) in [6.45, 7) is 2.05. The summed E-state index contributed by atoms with van der Waals surface area (Å²) in [5.41, 5.74) is 3.84. The Hall–Kier alpha value is -3.78. The maximum absolute atomic E-state index is 13.2. The second-order valence-corrected chi connectivity index (χ2v) is 8.07. The molecule has 158 valence electrons. The summed E-state index contributed by atoms with van der Waals surface area (Å²) in [6.07, 6.45) is 5.12. The van der Waals surface area contributed by atoms with Gasteiger partial charge in [0.2, 0.25) is 5.89 Å². The van der Waals surface area contributed by atoms with Gasteiger partial charge in [-0.25, -0.2) is 9.37 Å². The van der Waals surface area contributed by atoms with Crippen molar-refractivity contribution in [2.45, 2.75) is 17.8 Å². The van der Waals surface area contributed by atoms with Crippen LogP contribution in [0.3, 0.4) is 0 Å². The highest BCUT2D eigenvalue weighted by Gasteiger charge is 2.17. The van der Waals surface area contributed by atoms with E-state index in [1.165, 1.54) is 29.5 Å². The van der Waals surface area contributed by atoms with E-state index in [9.17, 15) is 4.39 Å². The smallest absolute Gasteiger partial charge is 0.205 e. The van der Waals surface area contributed by atoms with E-state index in [-0.39, 0.29) is 5.82 Å². The summed E-state index contributed by atoms with van der Waals surface area (Å²) in [6, 6.07) is 18.2. The van der Waals surface area contributed by atoms with Crippen LogP contribution in [0.1, 0.15) is 11.5 Å². The molecule has 5 aromatic rings. The van der Waals surface area contributed by atoms with E-state index in [1.54, 1.807) is 30.7 Å². The first kappa shape index (κ1) is 20.1. The average molecular weight is 444 g/mol. The van der Waals surface area contributed by atoms with Crippen LogP contribution < -0.4 is 0 Å². The Bertz CT molecular complexity index is 1330. The maximum atomic E-state index is 13.2. The molecular formula is C24H18FN5OS. The lowest BCUT2D eigenvalue weighted by Gasteiger charge is -2.10. The standard InChI is InChI=1S/C24H18FN5OS/c1-16-2-8-20(9-3-16)30-23(18-10-12-26-13-11-18)28-29-24(30)32-15-22-27-14-21(31-22)17-4-6-19(25)7-5-17/h2-14H,15H2,1H3. The lowest BCUT2D eigenvalue weighted by atomic mass is 10.2. The fourth-order valence-electron chi connectivity index (χ4n) is 3.23. The van der Waals surface area contributed by atoms with E-state index >= 15 is 0 Å². The minimum atomic E-state index is -0.288. The molecule has 0 aliphatic carbocycles. The Kier molecular flexibility index (Phi) is 5.51.